The molecule has 1 aliphatic rings. The maximum absolute atomic E-state index is 4.94. The van der Waals surface area contributed by atoms with Crippen LogP contribution in [0.25, 0.3) is 32.9 Å². The van der Waals surface area contributed by atoms with E-state index in [2.05, 4.69) is 37.3 Å². The SMILES string of the molecule is Cc1cncc(-c2cc3c(-c4cccc(N5CCCNCC5)n4)nsc3cn2)n1. The van der Waals surface area contributed by atoms with Crippen LogP contribution in [0, 0.1) is 6.92 Å². The molecule has 1 N–H and O–H groups in total. The summed E-state index contributed by atoms with van der Waals surface area (Å²) in [6, 6.07) is 8.22. The zero-order valence-corrected chi connectivity index (χ0v) is 17.0. The van der Waals surface area contributed by atoms with Gasteiger partial charge in [-0.1, -0.05) is 6.07 Å². The molecule has 0 saturated carbocycles. The van der Waals surface area contributed by atoms with Crippen LogP contribution in [0.1, 0.15) is 12.1 Å². The van der Waals surface area contributed by atoms with Crippen molar-refractivity contribution in [3.8, 4) is 22.8 Å². The van der Waals surface area contributed by atoms with Crippen molar-refractivity contribution in [3.63, 3.8) is 0 Å². The van der Waals surface area contributed by atoms with E-state index >= 15 is 0 Å². The zero-order chi connectivity index (χ0) is 19.6. The number of hydrogen-bond donors (Lipinski definition) is 1. The van der Waals surface area contributed by atoms with Crippen LogP contribution in [0.2, 0.25) is 0 Å². The summed E-state index contributed by atoms with van der Waals surface area (Å²) >= 11 is 1.45. The molecule has 0 aromatic carbocycles. The van der Waals surface area contributed by atoms with Gasteiger partial charge in [0.15, 0.2) is 0 Å². The second-order valence-electron chi connectivity index (χ2n) is 7.11. The first-order valence-electron chi connectivity index (χ1n) is 9.75. The molecule has 8 heteroatoms. The molecule has 1 aliphatic heterocycles. The van der Waals surface area contributed by atoms with E-state index in [0.717, 1.165) is 77.0 Å². The van der Waals surface area contributed by atoms with Crippen molar-refractivity contribution in [2.75, 3.05) is 31.1 Å². The van der Waals surface area contributed by atoms with Crippen LogP contribution in [0.5, 0.6) is 0 Å². The predicted octanol–water partition coefficient (Wildman–Crippen LogP) is 3.32. The molecule has 5 rings (SSSR count). The van der Waals surface area contributed by atoms with Gasteiger partial charge in [-0.25, -0.2) is 9.97 Å². The number of pyridine rings is 2. The molecule has 0 unspecified atom stereocenters. The second kappa shape index (κ2) is 7.81. The number of nitrogens with zero attached hydrogens (tertiary/aromatic N) is 6. The topological polar surface area (TPSA) is 79.7 Å². The van der Waals surface area contributed by atoms with Crippen molar-refractivity contribution in [1.82, 2.24) is 29.6 Å². The number of nitrogens with one attached hydrogen (secondary N) is 1. The van der Waals surface area contributed by atoms with E-state index in [9.17, 15) is 0 Å². The van der Waals surface area contributed by atoms with Crippen LogP contribution in [0.4, 0.5) is 5.82 Å². The summed E-state index contributed by atoms with van der Waals surface area (Å²) in [5, 5.41) is 4.49. The zero-order valence-electron chi connectivity index (χ0n) is 16.2. The van der Waals surface area contributed by atoms with Crippen molar-refractivity contribution in [1.29, 1.82) is 0 Å². The van der Waals surface area contributed by atoms with Crippen molar-refractivity contribution in [3.05, 3.63) is 48.5 Å². The third-order valence-corrected chi connectivity index (χ3v) is 5.81. The smallest absolute Gasteiger partial charge is 0.129 e. The Labute approximate surface area is 173 Å². The van der Waals surface area contributed by atoms with Crippen LogP contribution in [-0.4, -0.2) is 50.5 Å². The maximum Gasteiger partial charge on any atom is 0.129 e. The lowest BCUT2D eigenvalue weighted by Gasteiger charge is -2.21. The number of anilines is 1. The molecule has 1 fully saturated rings. The summed E-state index contributed by atoms with van der Waals surface area (Å²) in [5.41, 5.74) is 4.21. The minimum atomic E-state index is 0.767. The Morgan fingerprint density at radius 2 is 1.97 bits per heavy atom. The fraction of sp³-hybridized carbons (Fsp3) is 0.286. The normalized spacial score (nSPS) is 14.9. The van der Waals surface area contributed by atoms with Crippen molar-refractivity contribution in [2.24, 2.45) is 0 Å². The van der Waals surface area contributed by atoms with E-state index in [-0.39, 0.29) is 0 Å². The number of aromatic nitrogens is 5. The Morgan fingerprint density at radius 1 is 1.00 bits per heavy atom. The Bertz CT molecular complexity index is 1150. The van der Waals surface area contributed by atoms with Gasteiger partial charge in [-0.3, -0.25) is 9.97 Å². The van der Waals surface area contributed by atoms with Gasteiger partial charge in [0.05, 0.1) is 28.0 Å². The number of hydrogen-bond acceptors (Lipinski definition) is 8. The standard InChI is InChI=1S/C21H21N7S/c1-14-11-23-12-18(25-14)17-10-15-19(13-24-17)29-27-21(15)16-4-2-5-20(26-16)28-8-3-6-22-7-9-28/h2,4-5,10-13,22H,3,6-9H2,1H3. The summed E-state index contributed by atoms with van der Waals surface area (Å²) in [6.45, 7) is 5.96. The number of rotatable bonds is 3. The van der Waals surface area contributed by atoms with Crippen molar-refractivity contribution < 1.29 is 0 Å². The van der Waals surface area contributed by atoms with Crippen molar-refractivity contribution >= 4 is 27.4 Å². The van der Waals surface area contributed by atoms with Crippen LogP contribution in [-0.2, 0) is 0 Å². The lowest BCUT2D eigenvalue weighted by Crippen LogP contribution is -2.28. The highest BCUT2D eigenvalue weighted by Crippen LogP contribution is 2.32. The molecule has 0 radical (unpaired) electrons. The average molecular weight is 404 g/mol. The van der Waals surface area contributed by atoms with E-state index in [1.807, 2.05) is 25.3 Å². The first-order valence-corrected chi connectivity index (χ1v) is 10.5. The van der Waals surface area contributed by atoms with Crippen LogP contribution < -0.4 is 10.2 Å². The largest absolute Gasteiger partial charge is 0.355 e. The molecule has 0 bridgehead atoms. The van der Waals surface area contributed by atoms with Crippen molar-refractivity contribution in [2.45, 2.75) is 13.3 Å². The molecule has 4 aromatic heterocycles. The first-order chi connectivity index (χ1) is 14.3. The molecular formula is C21H21N7S. The Kier molecular flexibility index (Phi) is 4.87. The third-order valence-electron chi connectivity index (χ3n) is 5.02. The van der Waals surface area contributed by atoms with Gasteiger partial charge >= 0.3 is 0 Å². The highest BCUT2D eigenvalue weighted by molar-refractivity contribution is 7.13. The predicted molar refractivity (Wildman–Crippen MR) is 116 cm³/mol. The number of aryl methyl sites for hydroxylation is 1. The Morgan fingerprint density at radius 3 is 2.90 bits per heavy atom. The van der Waals surface area contributed by atoms with Crippen LogP contribution in [0.15, 0.2) is 42.9 Å². The molecular weight excluding hydrogens is 382 g/mol. The van der Waals surface area contributed by atoms with Gasteiger partial charge in [0.25, 0.3) is 0 Å². The van der Waals surface area contributed by atoms with E-state index < -0.39 is 0 Å². The van der Waals surface area contributed by atoms with Gasteiger partial charge in [0, 0.05) is 37.4 Å². The lowest BCUT2D eigenvalue weighted by molar-refractivity contribution is 0.724. The summed E-state index contributed by atoms with van der Waals surface area (Å²) in [7, 11) is 0. The highest BCUT2D eigenvalue weighted by atomic mass is 32.1. The monoisotopic (exact) mass is 403 g/mol. The Hall–Kier alpha value is -2.97. The Balaban J connectivity index is 1.55. The van der Waals surface area contributed by atoms with Gasteiger partial charge < -0.3 is 10.2 Å². The number of fused-ring (bicyclic) bond motifs is 1. The lowest BCUT2D eigenvalue weighted by atomic mass is 10.1. The molecule has 1 saturated heterocycles. The fourth-order valence-electron chi connectivity index (χ4n) is 3.56. The van der Waals surface area contributed by atoms with Gasteiger partial charge in [0.1, 0.15) is 17.2 Å². The van der Waals surface area contributed by atoms with Gasteiger partial charge in [0.2, 0.25) is 0 Å². The first kappa shape index (κ1) is 18.1. The summed E-state index contributed by atoms with van der Waals surface area (Å²) in [6.07, 6.45) is 6.47. The maximum atomic E-state index is 4.94. The third kappa shape index (κ3) is 3.68. The van der Waals surface area contributed by atoms with Crippen LogP contribution >= 0.6 is 11.5 Å². The molecule has 7 nitrogen and oxygen atoms in total. The molecule has 146 valence electrons. The molecule has 0 amide bonds. The summed E-state index contributed by atoms with van der Waals surface area (Å²) in [5.74, 6) is 1.01. The average Bonchev–Trinajstić information content (AvgIpc) is 2.98. The minimum Gasteiger partial charge on any atom is -0.355 e. The molecule has 0 spiro atoms. The molecule has 0 atom stereocenters. The molecule has 5 heterocycles. The van der Waals surface area contributed by atoms with E-state index in [0.29, 0.717) is 0 Å². The van der Waals surface area contributed by atoms with E-state index in [1.54, 1.807) is 12.4 Å². The minimum absolute atomic E-state index is 0.767. The summed E-state index contributed by atoms with van der Waals surface area (Å²) in [4.78, 5) is 20.6. The van der Waals surface area contributed by atoms with Gasteiger partial charge in [-0.15, -0.1) is 0 Å². The second-order valence-corrected chi connectivity index (χ2v) is 7.92. The van der Waals surface area contributed by atoms with E-state index in [4.69, 9.17) is 9.36 Å². The molecule has 0 aliphatic carbocycles. The van der Waals surface area contributed by atoms with E-state index in [1.165, 1.54) is 11.5 Å². The molecule has 29 heavy (non-hydrogen) atoms. The molecule has 4 aromatic rings. The quantitative estimate of drug-likeness (QED) is 0.562. The van der Waals surface area contributed by atoms with Gasteiger partial charge in [-0.2, -0.15) is 4.37 Å². The fourth-order valence-corrected chi connectivity index (χ4v) is 4.30. The van der Waals surface area contributed by atoms with Crippen LogP contribution in [0.3, 0.4) is 0 Å². The summed E-state index contributed by atoms with van der Waals surface area (Å²) < 4.78 is 5.73. The highest BCUT2D eigenvalue weighted by Gasteiger charge is 2.16. The van der Waals surface area contributed by atoms with Gasteiger partial charge in [-0.05, 0) is 49.6 Å².